The van der Waals surface area contributed by atoms with Gasteiger partial charge in [-0.3, -0.25) is 14.4 Å². The summed E-state index contributed by atoms with van der Waals surface area (Å²) in [6.07, 6.45) is -9.80. The van der Waals surface area contributed by atoms with Gasteiger partial charge in [-0.15, -0.1) is 0 Å². The molecule has 0 bridgehead atoms. The lowest BCUT2D eigenvalue weighted by atomic mass is 9.88. The van der Waals surface area contributed by atoms with E-state index in [1.165, 1.54) is 0 Å². The number of rotatable bonds is 2. The van der Waals surface area contributed by atoms with Gasteiger partial charge in [-0.1, -0.05) is 0 Å². The maximum Gasteiger partial charge on any atom is 0.471 e. The normalized spacial score (nSPS) is 21.5. The first-order valence-corrected chi connectivity index (χ1v) is 7.36. The van der Waals surface area contributed by atoms with E-state index in [9.17, 15) is 40.7 Å². The van der Waals surface area contributed by atoms with E-state index in [1.807, 2.05) is 0 Å². The fourth-order valence-electron chi connectivity index (χ4n) is 2.99. The first-order chi connectivity index (χ1) is 11.9. The average Bonchev–Trinajstić information content (AvgIpc) is 3.27. The first-order valence-electron chi connectivity index (χ1n) is 7.36. The van der Waals surface area contributed by atoms with E-state index in [4.69, 9.17) is 0 Å². The molecular formula is C15H10F6N2O3. The third-order valence-corrected chi connectivity index (χ3v) is 4.30. The molecule has 140 valence electrons. The molecule has 26 heavy (non-hydrogen) atoms. The maximum atomic E-state index is 12.5. The molecule has 2 aliphatic rings. The van der Waals surface area contributed by atoms with E-state index in [0.29, 0.717) is 6.42 Å². The van der Waals surface area contributed by atoms with E-state index in [-0.39, 0.29) is 29.2 Å². The minimum absolute atomic E-state index is 0.00803. The molecule has 1 aromatic rings. The Morgan fingerprint density at radius 3 is 1.96 bits per heavy atom. The highest BCUT2D eigenvalue weighted by Gasteiger charge is 2.50. The van der Waals surface area contributed by atoms with Crippen LogP contribution in [0.15, 0.2) is 12.1 Å². The summed E-state index contributed by atoms with van der Waals surface area (Å²) < 4.78 is 74.7. The van der Waals surface area contributed by atoms with Crippen LogP contribution in [0.1, 0.15) is 22.3 Å². The Kier molecular flexibility index (Phi) is 4.00. The van der Waals surface area contributed by atoms with Crippen molar-refractivity contribution in [3.05, 3.63) is 23.3 Å². The van der Waals surface area contributed by atoms with Crippen molar-refractivity contribution in [1.82, 2.24) is 0 Å². The third-order valence-electron chi connectivity index (χ3n) is 4.30. The molecule has 2 amide bonds. The average molecular weight is 380 g/mol. The van der Waals surface area contributed by atoms with Crippen molar-refractivity contribution in [1.29, 1.82) is 0 Å². The SMILES string of the molecule is O=C1c2c(NC(=O)C(F)(F)F)ccc(NC(=O)C(F)(F)F)c2CC2CC12. The molecule has 2 aliphatic carbocycles. The zero-order valence-electron chi connectivity index (χ0n) is 12.7. The Labute approximate surface area is 141 Å². The number of hydrogen-bond donors (Lipinski definition) is 2. The van der Waals surface area contributed by atoms with Crippen LogP contribution in [-0.4, -0.2) is 30.0 Å². The molecule has 1 saturated carbocycles. The van der Waals surface area contributed by atoms with E-state index < -0.39 is 41.6 Å². The number of Topliss-reactive ketones (excluding diaryl/α,β-unsaturated/α-hetero) is 1. The van der Waals surface area contributed by atoms with E-state index >= 15 is 0 Å². The van der Waals surface area contributed by atoms with Crippen molar-refractivity contribution in [2.24, 2.45) is 11.8 Å². The highest BCUT2D eigenvalue weighted by molar-refractivity contribution is 6.11. The van der Waals surface area contributed by atoms with Gasteiger partial charge in [0.2, 0.25) is 0 Å². The fourth-order valence-corrected chi connectivity index (χ4v) is 2.99. The number of nitrogens with one attached hydrogen (secondary N) is 2. The van der Waals surface area contributed by atoms with Crippen LogP contribution in [-0.2, 0) is 16.0 Å². The molecule has 11 heteroatoms. The second-order valence-corrected chi connectivity index (χ2v) is 6.09. The Balaban J connectivity index is 2.00. The zero-order valence-corrected chi connectivity index (χ0v) is 12.7. The highest BCUT2D eigenvalue weighted by atomic mass is 19.4. The Morgan fingerprint density at radius 1 is 0.923 bits per heavy atom. The molecule has 3 rings (SSSR count). The summed E-state index contributed by atoms with van der Waals surface area (Å²) in [5.41, 5.74) is -1.05. The van der Waals surface area contributed by atoms with Crippen LogP contribution in [0.3, 0.4) is 0 Å². The molecule has 0 heterocycles. The summed E-state index contributed by atoms with van der Waals surface area (Å²) in [7, 11) is 0. The molecule has 2 unspecified atom stereocenters. The number of halogens is 6. The van der Waals surface area contributed by atoms with Crippen LogP contribution in [0.5, 0.6) is 0 Å². The lowest BCUT2D eigenvalue weighted by molar-refractivity contribution is -0.167. The molecule has 0 spiro atoms. The lowest BCUT2D eigenvalue weighted by Crippen LogP contribution is -2.32. The Bertz CT molecular complexity index is 815. The van der Waals surface area contributed by atoms with Crippen LogP contribution in [0.4, 0.5) is 37.7 Å². The standard InChI is InChI=1S/C15H10F6N2O3/c16-14(17,18)12(25)22-8-1-2-9(23-13(26)15(19,20)21)10-7(8)4-5-3-6(5)11(10)24/h1-2,5-6H,3-4H2,(H,22,25)(H,23,26). The van der Waals surface area contributed by atoms with Crippen molar-refractivity contribution in [2.45, 2.75) is 25.2 Å². The topological polar surface area (TPSA) is 75.3 Å². The predicted molar refractivity (Wildman–Crippen MR) is 75.4 cm³/mol. The molecule has 1 aromatic carbocycles. The monoisotopic (exact) mass is 380 g/mol. The predicted octanol–water partition coefficient (Wildman–Crippen LogP) is 3.06. The number of anilines is 2. The van der Waals surface area contributed by atoms with Crippen LogP contribution in [0.2, 0.25) is 0 Å². The summed E-state index contributed by atoms with van der Waals surface area (Å²) >= 11 is 0. The number of benzene rings is 1. The molecule has 0 radical (unpaired) electrons. The summed E-state index contributed by atoms with van der Waals surface area (Å²) in [5.74, 6) is -5.70. The van der Waals surface area contributed by atoms with Gasteiger partial charge in [-0.05, 0) is 36.5 Å². The zero-order chi connectivity index (χ0) is 19.4. The minimum atomic E-state index is -5.20. The van der Waals surface area contributed by atoms with Crippen molar-refractivity contribution >= 4 is 29.0 Å². The molecule has 2 atom stereocenters. The fraction of sp³-hybridized carbons (Fsp3) is 0.400. The molecule has 0 aliphatic heterocycles. The lowest BCUT2D eigenvalue weighted by Gasteiger charge is -2.22. The second-order valence-electron chi connectivity index (χ2n) is 6.09. The number of carbonyl (C=O) groups excluding carboxylic acids is 3. The summed E-state index contributed by atoms with van der Waals surface area (Å²) in [4.78, 5) is 34.7. The minimum Gasteiger partial charge on any atom is -0.318 e. The van der Waals surface area contributed by atoms with E-state index in [0.717, 1.165) is 12.1 Å². The molecule has 1 fully saturated rings. The number of hydrogen-bond acceptors (Lipinski definition) is 3. The summed E-state index contributed by atoms with van der Waals surface area (Å²) in [5, 5.41) is 3.20. The second kappa shape index (κ2) is 5.71. The van der Waals surface area contributed by atoms with Crippen molar-refractivity contribution < 1.29 is 40.7 Å². The molecular weight excluding hydrogens is 370 g/mol. The number of amides is 2. The molecule has 5 nitrogen and oxygen atoms in total. The summed E-state index contributed by atoms with van der Waals surface area (Å²) in [6.45, 7) is 0. The van der Waals surface area contributed by atoms with Crippen molar-refractivity contribution in [2.75, 3.05) is 10.6 Å². The quantitative estimate of drug-likeness (QED) is 0.775. The number of carbonyl (C=O) groups is 3. The largest absolute Gasteiger partial charge is 0.471 e. The molecule has 2 N–H and O–H groups in total. The van der Waals surface area contributed by atoms with Gasteiger partial charge in [0.25, 0.3) is 0 Å². The van der Waals surface area contributed by atoms with Gasteiger partial charge < -0.3 is 10.6 Å². The van der Waals surface area contributed by atoms with Gasteiger partial charge >= 0.3 is 24.2 Å². The molecule has 0 aromatic heterocycles. The summed E-state index contributed by atoms with van der Waals surface area (Å²) in [6, 6.07) is 1.81. The van der Waals surface area contributed by atoms with Gasteiger partial charge in [-0.2, -0.15) is 26.3 Å². The van der Waals surface area contributed by atoms with Gasteiger partial charge in [0.05, 0.1) is 5.69 Å². The highest BCUT2D eigenvalue weighted by Crippen LogP contribution is 2.51. The van der Waals surface area contributed by atoms with Crippen LogP contribution >= 0.6 is 0 Å². The number of fused-ring (bicyclic) bond motifs is 2. The number of alkyl halides is 6. The van der Waals surface area contributed by atoms with E-state index in [2.05, 4.69) is 0 Å². The smallest absolute Gasteiger partial charge is 0.318 e. The van der Waals surface area contributed by atoms with Crippen LogP contribution in [0.25, 0.3) is 0 Å². The van der Waals surface area contributed by atoms with Gasteiger partial charge in [0.1, 0.15) is 0 Å². The first kappa shape index (κ1) is 18.2. The Hall–Kier alpha value is -2.59. The number of ketones is 1. The van der Waals surface area contributed by atoms with Crippen LogP contribution in [0, 0.1) is 11.8 Å². The maximum absolute atomic E-state index is 12.5. The Morgan fingerprint density at radius 2 is 1.42 bits per heavy atom. The van der Waals surface area contributed by atoms with Gasteiger partial charge in [-0.25, -0.2) is 0 Å². The van der Waals surface area contributed by atoms with Crippen molar-refractivity contribution in [3.8, 4) is 0 Å². The van der Waals surface area contributed by atoms with Crippen molar-refractivity contribution in [3.63, 3.8) is 0 Å². The van der Waals surface area contributed by atoms with Crippen LogP contribution < -0.4 is 10.6 Å². The van der Waals surface area contributed by atoms with E-state index in [1.54, 1.807) is 10.6 Å². The third kappa shape index (κ3) is 3.25. The molecule has 0 saturated heterocycles. The van der Waals surface area contributed by atoms with Gasteiger partial charge in [0, 0.05) is 17.2 Å². The van der Waals surface area contributed by atoms with Gasteiger partial charge in [0.15, 0.2) is 5.78 Å².